The Balaban J connectivity index is 2.89. The number of hydrogen-bond donors (Lipinski definition) is 2. The molecule has 0 amide bonds. The third-order valence-electron chi connectivity index (χ3n) is 1.65. The Hall–Kier alpha value is -1.38. The van der Waals surface area contributed by atoms with Gasteiger partial charge in [-0.25, -0.2) is 0 Å². The highest BCUT2D eigenvalue weighted by Gasteiger charge is 2.23. The maximum atomic E-state index is 10.5. The first-order chi connectivity index (χ1) is 5.13. The van der Waals surface area contributed by atoms with Crippen LogP contribution in [0.5, 0.6) is 0 Å². The van der Waals surface area contributed by atoms with E-state index in [4.69, 9.17) is 10.5 Å². The smallest absolute Gasteiger partial charge is 0.316 e. The van der Waals surface area contributed by atoms with Gasteiger partial charge < -0.3 is 10.5 Å². The third-order valence-corrected chi connectivity index (χ3v) is 1.65. The summed E-state index contributed by atoms with van der Waals surface area (Å²) < 4.78 is 0. The lowest BCUT2D eigenvalue weighted by atomic mass is 9.90. The van der Waals surface area contributed by atoms with Crippen molar-refractivity contribution in [2.24, 2.45) is 5.92 Å². The van der Waals surface area contributed by atoms with E-state index in [2.05, 4.69) is 6.58 Å². The molecule has 0 aromatic heterocycles. The van der Waals surface area contributed by atoms with Crippen LogP contribution in [-0.2, 0) is 4.79 Å². The molecule has 0 aliphatic heterocycles. The fourth-order valence-electron chi connectivity index (χ4n) is 0.978. The lowest BCUT2D eigenvalue weighted by Gasteiger charge is -2.15. The number of carbonyl (C=O) groups is 1. The minimum atomic E-state index is -0.980. The molecule has 1 unspecified atom stereocenters. The highest BCUT2D eigenvalue weighted by Crippen LogP contribution is 2.17. The van der Waals surface area contributed by atoms with Gasteiger partial charge in [0.05, 0.1) is 5.71 Å². The second kappa shape index (κ2) is 2.70. The van der Waals surface area contributed by atoms with Gasteiger partial charge in [-0.3, -0.25) is 4.79 Å². The first-order valence-corrected chi connectivity index (χ1v) is 3.29. The Kier molecular flexibility index (Phi) is 1.89. The summed E-state index contributed by atoms with van der Waals surface area (Å²) in [6.07, 6.45) is 3.86. The molecule has 0 spiro atoms. The highest BCUT2D eigenvalue weighted by molar-refractivity contribution is 6.11. The van der Waals surface area contributed by atoms with Gasteiger partial charge in [0.2, 0.25) is 0 Å². The summed E-state index contributed by atoms with van der Waals surface area (Å²) in [5.74, 6) is -1.76. The van der Waals surface area contributed by atoms with Crippen LogP contribution in [0.1, 0.15) is 6.42 Å². The second-order valence-electron chi connectivity index (χ2n) is 2.47. The van der Waals surface area contributed by atoms with Gasteiger partial charge in [0.25, 0.3) is 0 Å². The second-order valence-corrected chi connectivity index (χ2v) is 2.47. The molecule has 0 bridgehead atoms. The Labute approximate surface area is 64.5 Å². The van der Waals surface area contributed by atoms with E-state index in [1.54, 1.807) is 6.08 Å². The van der Waals surface area contributed by atoms with Crippen LogP contribution in [0, 0.1) is 11.3 Å². The van der Waals surface area contributed by atoms with E-state index < -0.39 is 11.9 Å². The van der Waals surface area contributed by atoms with Crippen molar-refractivity contribution in [2.45, 2.75) is 6.42 Å². The van der Waals surface area contributed by atoms with Gasteiger partial charge in [0, 0.05) is 0 Å². The van der Waals surface area contributed by atoms with Crippen molar-refractivity contribution in [3.05, 3.63) is 24.3 Å². The quantitative estimate of drug-likeness (QED) is 0.553. The Morgan fingerprint density at radius 3 is 2.91 bits per heavy atom. The van der Waals surface area contributed by atoms with Crippen molar-refractivity contribution in [2.75, 3.05) is 0 Å². The maximum Gasteiger partial charge on any atom is 0.316 e. The molecular formula is C8H9NO2. The van der Waals surface area contributed by atoms with E-state index in [1.807, 2.05) is 0 Å². The van der Waals surface area contributed by atoms with E-state index >= 15 is 0 Å². The molecule has 0 aromatic rings. The normalized spacial score (nSPS) is 23.8. The van der Waals surface area contributed by atoms with Crippen molar-refractivity contribution in [3.8, 4) is 0 Å². The SMILES string of the molecule is C=C1CC=CC(C(=O)O)C1=N. The van der Waals surface area contributed by atoms with Crippen LogP contribution in [0.3, 0.4) is 0 Å². The van der Waals surface area contributed by atoms with Crippen molar-refractivity contribution < 1.29 is 9.90 Å². The average Bonchev–Trinajstić information content (AvgIpc) is 1.94. The Bertz CT molecular complexity index is 253. The first kappa shape index (κ1) is 7.72. The summed E-state index contributed by atoms with van der Waals surface area (Å²) >= 11 is 0. The molecule has 3 nitrogen and oxygen atoms in total. The molecule has 2 N–H and O–H groups in total. The van der Waals surface area contributed by atoms with Gasteiger partial charge in [-0.1, -0.05) is 18.7 Å². The van der Waals surface area contributed by atoms with Crippen LogP contribution in [-0.4, -0.2) is 16.8 Å². The fraction of sp³-hybridized carbons (Fsp3) is 0.250. The van der Waals surface area contributed by atoms with Crippen LogP contribution in [0.4, 0.5) is 0 Å². The molecule has 0 aromatic carbocycles. The van der Waals surface area contributed by atoms with Gasteiger partial charge in [-0.2, -0.15) is 0 Å². The monoisotopic (exact) mass is 151 g/mol. The molecule has 1 aliphatic carbocycles. The largest absolute Gasteiger partial charge is 0.481 e. The highest BCUT2D eigenvalue weighted by atomic mass is 16.4. The summed E-state index contributed by atoms with van der Waals surface area (Å²) in [6, 6.07) is 0. The summed E-state index contributed by atoms with van der Waals surface area (Å²) in [5, 5.41) is 15.9. The van der Waals surface area contributed by atoms with Crippen LogP contribution < -0.4 is 0 Å². The molecule has 1 rings (SSSR count). The number of carboxylic acids is 1. The van der Waals surface area contributed by atoms with Gasteiger partial charge in [0.15, 0.2) is 0 Å². The lowest BCUT2D eigenvalue weighted by Crippen LogP contribution is -2.24. The van der Waals surface area contributed by atoms with Gasteiger partial charge in [-0.05, 0) is 12.0 Å². The molecule has 0 fully saturated rings. The van der Waals surface area contributed by atoms with E-state index in [0.29, 0.717) is 12.0 Å². The number of aliphatic carboxylic acids is 1. The van der Waals surface area contributed by atoms with Crippen LogP contribution in [0.15, 0.2) is 24.3 Å². The van der Waals surface area contributed by atoms with Gasteiger partial charge in [-0.15, -0.1) is 0 Å². The van der Waals surface area contributed by atoms with E-state index in [-0.39, 0.29) is 5.71 Å². The van der Waals surface area contributed by atoms with Crippen molar-refractivity contribution >= 4 is 11.7 Å². The number of allylic oxidation sites excluding steroid dienone is 2. The molecule has 0 saturated heterocycles. The standard InChI is InChI=1S/C8H9NO2/c1-5-3-2-4-6(7(5)9)8(10)11/h2,4,6,9H,1,3H2,(H,10,11). The Morgan fingerprint density at radius 2 is 2.45 bits per heavy atom. The molecule has 0 saturated carbocycles. The summed E-state index contributed by atoms with van der Waals surface area (Å²) in [4.78, 5) is 10.5. The van der Waals surface area contributed by atoms with Crippen molar-refractivity contribution in [1.82, 2.24) is 0 Å². The number of rotatable bonds is 1. The third kappa shape index (κ3) is 1.37. The summed E-state index contributed by atoms with van der Waals surface area (Å²) in [7, 11) is 0. The minimum Gasteiger partial charge on any atom is -0.481 e. The predicted octanol–water partition coefficient (Wildman–Crippen LogP) is 1.22. The lowest BCUT2D eigenvalue weighted by molar-refractivity contribution is -0.138. The minimum absolute atomic E-state index is 0.125. The van der Waals surface area contributed by atoms with Crippen LogP contribution >= 0.6 is 0 Å². The maximum absolute atomic E-state index is 10.5. The predicted molar refractivity (Wildman–Crippen MR) is 41.7 cm³/mol. The molecular weight excluding hydrogens is 142 g/mol. The zero-order valence-electron chi connectivity index (χ0n) is 6.00. The van der Waals surface area contributed by atoms with E-state index in [1.165, 1.54) is 6.08 Å². The van der Waals surface area contributed by atoms with Crippen molar-refractivity contribution in [1.29, 1.82) is 5.41 Å². The van der Waals surface area contributed by atoms with Gasteiger partial charge >= 0.3 is 5.97 Å². The topological polar surface area (TPSA) is 61.1 Å². The number of nitrogens with one attached hydrogen (secondary N) is 1. The Morgan fingerprint density at radius 1 is 1.82 bits per heavy atom. The molecule has 1 aliphatic rings. The average molecular weight is 151 g/mol. The molecule has 58 valence electrons. The molecule has 11 heavy (non-hydrogen) atoms. The molecule has 1 atom stereocenters. The fourth-order valence-corrected chi connectivity index (χ4v) is 0.978. The van der Waals surface area contributed by atoms with Crippen molar-refractivity contribution in [3.63, 3.8) is 0 Å². The zero-order valence-corrected chi connectivity index (χ0v) is 6.00. The van der Waals surface area contributed by atoms with E-state index in [9.17, 15) is 4.79 Å². The summed E-state index contributed by atoms with van der Waals surface area (Å²) in [6.45, 7) is 3.59. The number of carboxylic acid groups (broad SMARTS) is 1. The van der Waals surface area contributed by atoms with Crippen LogP contribution in [0.25, 0.3) is 0 Å². The van der Waals surface area contributed by atoms with Gasteiger partial charge in [0.1, 0.15) is 5.92 Å². The zero-order chi connectivity index (χ0) is 8.43. The first-order valence-electron chi connectivity index (χ1n) is 3.29. The summed E-state index contributed by atoms with van der Waals surface area (Å²) in [5.41, 5.74) is 0.722. The van der Waals surface area contributed by atoms with Crippen LogP contribution in [0.2, 0.25) is 0 Å². The molecule has 0 heterocycles. The molecule has 0 radical (unpaired) electrons. The van der Waals surface area contributed by atoms with E-state index in [0.717, 1.165) is 0 Å². The molecule has 3 heteroatoms. The number of hydrogen-bond acceptors (Lipinski definition) is 2.